The van der Waals surface area contributed by atoms with Crippen LogP contribution in [0.1, 0.15) is 0 Å². The van der Waals surface area contributed by atoms with Gasteiger partial charge in [0.05, 0.1) is 0 Å². The Kier molecular flexibility index (Phi) is 2.44. The first-order valence-corrected chi connectivity index (χ1v) is 7.40. The van der Waals surface area contributed by atoms with Crippen LogP contribution in [-0.4, -0.2) is 23.6 Å². The predicted octanol–water partition coefficient (Wildman–Crippen LogP) is 1.33. The van der Waals surface area contributed by atoms with Crippen molar-refractivity contribution in [3.63, 3.8) is 0 Å². The zero-order valence-corrected chi connectivity index (χ0v) is 10.6. The molecule has 0 radical (unpaired) electrons. The molecule has 18 heavy (non-hydrogen) atoms. The molecule has 0 saturated heterocycles. The van der Waals surface area contributed by atoms with E-state index in [-0.39, 0.29) is 5.16 Å². The number of nitrogens with one attached hydrogen (secondary N) is 1. The SMILES string of the molecule is NS(=O)(=O)c1nc(-c2csc3ccccc23)n[nH]1. The Morgan fingerprint density at radius 1 is 1.28 bits per heavy atom. The summed E-state index contributed by atoms with van der Waals surface area (Å²) in [5, 5.41) is 13.7. The third kappa shape index (κ3) is 1.80. The minimum Gasteiger partial charge on any atom is -0.248 e. The van der Waals surface area contributed by atoms with Gasteiger partial charge in [-0.15, -0.1) is 11.3 Å². The Hall–Kier alpha value is -1.77. The number of sulfonamides is 1. The minimum absolute atomic E-state index is 0.326. The summed E-state index contributed by atoms with van der Waals surface area (Å²) in [6.45, 7) is 0. The van der Waals surface area contributed by atoms with Crippen LogP contribution in [0.5, 0.6) is 0 Å². The van der Waals surface area contributed by atoms with Gasteiger partial charge >= 0.3 is 0 Å². The van der Waals surface area contributed by atoms with E-state index in [1.165, 1.54) is 0 Å². The number of nitrogens with two attached hydrogens (primary N) is 1. The average Bonchev–Trinajstić information content (AvgIpc) is 2.94. The van der Waals surface area contributed by atoms with Crippen molar-refractivity contribution in [2.75, 3.05) is 0 Å². The summed E-state index contributed by atoms with van der Waals surface area (Å²) >= 11 is 1.55. The molecule has 2 heterocycles. The Morgan fingerprint density at radius 2 is 2.06 bits per heavy atom. The summed E-state index contributed by atoms with van der Waals surface area (Å²) in [7, 11) is -3.85. The number of thiophene rings is 1. The maximum Gasteiger partial charge on any atom is 0.273 e. The second-order valence-electron chi connectivity index (χ2n) is 3.65. The number of nitrogens with zero attached hydrogens (tertiary/aromatic N) is 2. The number of fused-ring (bicyclic) bond motifs is 1. The van der Waals surface area contributed by atoms with Crippen LogP contribution in [0.4, 0.5) is 0 Å². The van der Waals surface area contributed by atoms with E-state index in [9.17, 15) is 8.42 Å². The van der Waals surface area contributed by atoms with Crippen molar-refractivity contribution in [2.24, 2.45) is 5.14 Å². The van der Waals surface area contributed by atoms with Crippen molar-refractivity contribution in [1.82, 2.24) is 15.2 Å². The van der Waals surface area contributed by atoms with Gasteiger partial charge in [0.2, 0.25) is 0 Å². The molecule has 0 aliphatic heterocycles. The number of hydrogen-bond donors (Lipinski definition) is 2. The van der Waals surface area contributed by atoms with Gasteiger partial charge in [0.1, 0.15) is 0 Å². The summed E-state index contributed by atoms with van der Waals surface area (Å²) in [5.74, 6) is 0.330. The molecule has 3 N–H and O–H groups in total. The van der Waals surface area contributed by atoms with Crippen molar-refractivity contribution in [2.45, 2.75) is 5.16 Å². The molecule has 2 aromatic heterocycles. The van der Waals surface area contributed by atoms with Crippen molar-refractivity contribution < 1.29 is 8.42 Å². The third-order valence-electron chi connectivity index (χ3n) is 2.46. The molecule has 92 valence electrons. The highest BCUT2D eigenvalue weighted by Crippen LogP contribution is 2.31. The number of rotatable bonds is 2. The van der Waals surface area contributed by atoms with Gasteiger partial charge in [0, 0.05) is 21.0 Å². The fraction of sp³-hybridized carbons (Fsp3) is 0. The van der Waals surface area contributed by atoms with Crippen LogP contribution < -0.4 is 5.14 Å². The van der Waals surface area contributed by atoms with Crippen LogP contribution in [0, 0.1) is 0 Å². The van der Waals surface area contributed by atoms with Crippen molar-refractivity contribution in [1.29, 1.82) is 0 Å². The molecule has 0 bridgehead atoms. The van der Waals surface area contributed by atoms with Crippen LogP contribution in [0.2, 0.25) is 0 Å². The van der Waals surface area contributed by atoms with E-state index >= 15 is 0 Å². The van der Waals surface area contributed by atoms with E-state index in [1.807, 2.05) is 29.6 Å². The first-order chi connectivity index (χ1) is 8.55. The molecule has 0 aliphatic carbocycles. The summed E-state index contributed by atoms with van der Waals surface area (Å²) in [6, 6.07) is 7.77. The van der Waals surface area contributed by atoms with Gasteiger partial charge in [-0.2, -0.15) is 10.1 Å². The maximum atomic E-state index is 11.1. The van der Waals surface area contributed by atoms with Crippen molar-refractivity contribution in [3.8, 4) is 11.4 Å². The quantitative estimate of drug-likeness (QED) is 0.739. The van der Waals surface area contributed by atoms with Crippen LogP contribution >= 0.6 is 11.3 Å². The van der Waals surface area contributed by atoms with E-state index < -0.39 is 10.0 Å². The largest absolute Gasteiger partial charge is 0.273 e. The maximum absolute atomic E-state index is 11.1. The molecular weight excluding hydrogens is 272 g/mol. The number of H-pyrrole nitrogens is 1. The van der Waals surface area contributed by atoms with Crippen LogP contribution in [0.3, 0.4) is 0 Å². The average molecular weight is 280 g/mol. The predicted molar refractivity (Wildman–Crippen MR) is 68.6 cm³/mol. The summed E-state index contributed by atoms with van der Waals surface area (Å²) < 4.78 is 23.3. The van der Waals surface area contributed by atoms with E-state index in [0.717, 1.165) is 15.6 Å². The van der Waals surface area contributed by atoms with Gasteiger partial charge in [-0.05, 0) is 6.07 Å². The lowest BCUT2D eigenvalue weighted by molar-refractivity contribution is 0.589. The Morgan fingerprint density at radius 3 is 2.78 bits per heavy atom. The van der Waals surface area contributed by atoms with Gasteiger partial charge in [-0.1, -0.05) is 18.2 Å². The second-order valence-corrected chi connectivity index (χ2v) is 6.04. The second kappa shape index (κ2) is 3.87. The first kappa shape index (κ1) is 11.3. The lowest BCUT2D eigenvalue weighted by Gasteiger charge is -1.92. The smallest absolute Gasteiger partial charge is 0.248 e. The van der Waals surface area contributed by atoms with Crippen LogP contribution in [0.25, 0.3) is 21.5 Å². The van der Waals surface area contributed by atoms with Crippen LogP contribution in [-0.2, 0) is 10.0 Å². The molecule has 1 aromatic carbocycles. The van der Waals surface area contributed by atoms with Gasteiger partial charge in [-0.3, -0.25) is 0 Å². The summed E-state index contributed by atoms with van der Waals surface area (Å²) in [6.07, 6.45) is 0. The fourth-order valence-corrected chi connectivity index (χ4v) is 2.97. The molecule has 8 heteroatoms. The topological polar surface area (TPSA) is 102 Å². The zero-order chi connectivity index (χ0) is 12.8. The third-order valence-corrected chi connectivity index (χ3v) is 4.14. The molecule has 0 saturated carbocycles. The molecular formula is C10H8N4O2S2. The Bertz CT molecular complexity index is 819. The first-order valence-electron chi connectivity index (χ1n) is 4.97. The zero-order valence-electron chi connectivity index (χ0n) is 8.99. The van der Waals surface area contributed by atoms with Gasteiger partial charge in [0.25, 0.3) is 15.2 Å². The number of benzene rings is 1. The molecule has 6 nitrogen and oxygen atoms in total. The van der Waals surface area contributed by atoms with Crippen LogP contribution in [0.15, 0.2) is 34.8 Å². The number of hydrogen-bond acceptors (Lipinski definition) is 5. The fourth-order valence-electron chi connectivity index (χ4n) is 1.65. The molecule has 3 aromatic rings. The Balaban J connectivity index is 2.18. The molecule has 3 rings (SSSR count). The van der Waals surface area contributed by atoms with Gasteiger partial charge in [-0.25, -0.2) is 18.7 Å². The van der Waals surface area contributed by atoms with Crippen molar-refractivity contribution >= 4 is 31.4 Å². The highest BCUT2D eigenvalue weighted by atomic mass is 32.2. The number of aromatic amines is 1. The van der Waals surface area contributed by atoms with E-state index in [1.54, 1.807) is 11.3 Å². The molecule has 0 amide bonds. The molecule has 0 unspecified atom stereocenters. The summed E-state index contributed by atoms with van der Waals surface area (Å²) in [4.78, 5) is 3.90. The van der Waals surface area contributed by atoms with Crippen molar-refractivity contribution in [3.05, 3.63) is 29.6 Å². The molecule has 0 aliphatic rings. The highest BCUT2D eigenvalue weighted by molar-refractivity contribution is 7.89. The number of primary sulfonamides is 1. The number of aromatic nitrogens is 3. The monoisotopic (exact) mass is 280 g/mol. The highest BCUT2D eigenvalue weighted by Gasteiger charge is 2.16. The lowest BCUT2D eigenvalue weighted by atomic mass is 10.2. The van der Waals surface area contributed by atoms with E-state index in [2.05, 4.69) is 15.2 Å². The molecule has 0 spiro atoms. The van der Waals surface area contributed by atoms with E-state index in [4.69, 9.17) is 5.14 Å². The lowest BCUT2D eigenvalue weighted by Crippen LogP contribution is -2.13. The molecule has 0 fully saturated rings. The summed E-state index contributed by atoms with van der Waals surface area (Å²) in [5.41, 5.74) is 0.793. The Labute approximate surface area is 107 Å². The van der Waals surface area contributed by atoms with Gasteiger partial charge in [0.15, 0.2) is 5.82 Å². The molecule has 0 atom stereocenters. The normalized spacial score (nSPS) is 12.1. The van der Waals surface area contributed by atoms with E-state index in [0.29, 0.717) is 5.82 Å². The van der Waals surface area contributed by atoms with Gasteiger partial charge < -0.3 is 0 Å². The standard InChI is InChI=1S/C10H8N4O2S2/c11-18(15,16)10-12-9(13-14-10)7-5-17-8-4-2-1-3-6(7)8/h1-5H,(H2,11,15,16)(H,12,13,14). The minimum atomic E-state index is -3.85.